The minimum atomic E-state index is -0.265. The first-order chi connectivity index (χ1) is 13.6. The molecule has 2 aromatic carbocycles. The molecule has 1 aliphatic rings. The molecule has 0 aliphatic carbocycles. The summed E-state index contributed by atoms with van der Waals surface area (Å²) in [4.78, 5) is 21.1. The maximum absolute atomic E-state index is 13.8. The van der Waals surface area contributed by atoms with Crippen LogP contribution in [0.15, 0.2) is 48.5 Å². The summed E-state index contributed by atoms with van der Waals surface area (Å²) in [6, 6.07) is 14.9. The molecule has 2 heterocycles. The first-order valence-corrected chi connectivity index (χ1v) is 10.5. The molecule has 1 fully saturated rings. The number of halogens is 1. The van der Waals surface area contributed by atoms with Gasteiger partial charge in [0.25, 0.3) is 0 Å². The molecule has 0 N–H and O–H groups in total. The molecule has 1 aliphatic heterocycles. The summed E-state index contributed by atoms with van der Waals surface area (Å²) in [6.07, 6.45) is 2.04. The summed E-state index contributed by atoms with van der Waals surface area (Å²) < 4.78 is 15.0. The minimum absolute atomic E-state index is 0.0293. The number of aromatic nitrogens is 1. The van der Waals surface area contributed by atoms with E-state index in [9.17, 15) is 9.18 Å². The van der Waals surface area contributed by atoms with Crippen LogP contribution in [0.3, 0.4) is 0 Å². The lowest BCUT2D eigenvalue weighted by Crippen LogP contribution is -2.41. The van der Waals surface area contributed by atoms with Crippen LogP contribution in [-0.4, -0.2) is 47.4 Å². The van der Waals surface area contributed by atoms with E-state index in [1.54, 1.807) is 41.5 Å². The first kappa shape index (κ1) is 19.0. The number of likely N-dealkylation sites (N-methyl/N-ethyl adjacent to an activating group) is 1. The molecular weight excluding hydrogens is 373 g/mol. The zero-order valence-corrected chi connectivity index (χ0v) is 16.8. The Bertz CT molecular complexity index is 932. The number of carbonyl (C=O) groups is 1. The van der Waals surface area contributed by atoms with Gasteiger partial charge in [0.1, 0.15) is 5.82 Å². The average molecular weight is 398 g/mol. The standard InChI is InChI=1S/C22H24FN3OS/c1-25(14-17-6-2-3-7-18(17)23)21(27)15-26-12-10-16(11-13-26)22-24-19-8-4-5-9-20(19)28-22/h2-9,16H,10-15H2,1H3. The summed E-state index contributed by atoms with van der Waals surface area (Å²) in [6.45, 7) is 2.46. The fraction of sp³-hybridized carbons (Fsp3) is 0.364. The fourth-order valence-corrected chi connectivity index (χ4v) is 4.82. The van der Waals surface area contributed by atoms with Crippen LogP contribution in [0.4, 0.5) is 4.39 Å². The Morgan fingerprint density at radius 1 is 1.18 bits per heavy atom. The number of carbonyl (C=O) groups excluding carboxylic acids is 1. The summed E-state index contributed by atoms with van der Waals surface area (Å²) in [5.41, 5.74) is 1.63. The second-order valence-corrected chi connectivity index (χ2v) is 8.47. The molecule has 0 spiro atoms. The number of rotatable bonds is 5. The lowest BCUT2D eigenvalue weighted by atomic mass is 9.97. The van der Waals surface area contributed by atoms with Crippen molar-refractivity contribution in [1.29, 1.82) is 0 Å². The predicted octanol–water partition coefficient (Wildman–Crippen LogP) is 4.27. The Kier molecular flexibility index (Phi) is 5.69. The summed E-state index contributed by atoms with van der Waals surface area (Å²) in [7, 11) is 1.74. The Morgan fingerprint density at radius 2 is 1.89 bits per heavy atom. The van der Waals surface area contributed by atoms with E-state index >= 15 is 0 Å². The Balaban J connectivity index is 1.30. The van der Waals surface area contributed by atoms with E-state index in [1.807, 2.05) is 6.07 Å². The zero-order chi connectivity index (χ0) is 19.5. The van der Waals surface area contributed by atoms with Crippen molar-refractivity contribution < 1.29 is 9.18 Å². The number of hydrogen-bond acceptors (Lipinski definition) is 4. The fourth-order valence-electron chi connectivity index (χ4n) is 3.68. The van der Waals surface area contributed by atoms with E-state index in [-0.39, 0.29) is 11.7 Å². The molecule has 0 radical (unpaired) electrons. The zero-order valence-electron chi connectivity index (χ0n) is 16.0. The van der Waals surface area contributed by atoms with E-state index in [1.165, 1.54) is 15.8 Å². The van der Waals surface area contributed by atoms with Gasteiger partial charge in [0, 0.05) is 25.1 Å². The van der Waals surface area contributed by atoms with Gasteiger partial charge < -0.3 is 4.90 Å². The predicted molar refractivity (Wildman–Crippen MR) is 111 cm³/mol. The van der Waals surface area contributed by atoms with E-state index in [0.717, 1.165) is 31.4 Å². The lowest BCUT2D eigenvalue weighted by molar-refractivity contribution is -0.131. The molecule has 1 aromatic heterocycles. The van der Waals surface area contributed by atoms with Gasteiger partial charge in [0.2, 0.25) is 5.91 Å². The summed E-state index contributed by atoms with van der Waals surface area (Å²) in [5.74, 6) is 0.236. The number of piperidine rings is 1. The topological polar surface area (TPSA) is 36.4 Å². The molecule has 1 amide bonds. The molecule has 146 valence electrons. The van der Waals surface area contributed by atoms with Crippen LogP contribution in [0.2, 0.25) is 0 Å². The third-order valence-corrected chi connectivity index (χ3v) is 6.60. The van der Waals surface area contributed by atoms with Crippen LogP contribution < -0.4 is 0 Å². The largest absolute Gasteiger partial charge is 0.340 e. The summed E-state index contributed by atoms with van der Waals surface area (Å²) in [5, 5.41) is 1.21. The molecular formula is C22H24FN3OS. The maximum Gasteiger partial charge on any atom is 0.236 e. The van der Waals surface area contributed by atoms with Crippen molar-refractivity contribution >= 4 is 27.5 Å². The van der Waals surface area contributed by atoms with Crippen molar-refractivity contribution in [3.8, 4) is 0 Å². The van der Waals surface area contributed by atoms with Crippen molar-refractivity contribution in [1.82, 2.24) is 14.8 Å². The molecule has 4 nitrogen and oxygen atoms in total. The molecule has 0 atom stereocenters. The Morgan fingerprint density at radius 3 is 2.64 bits per heavy atom. The van der Waals surface area contributed by atoms with Gasteiger partial charge in [0.15, 0.2) is 0 Å². The number of nitrogens with zero attached hydrogens (tertiary/aromatic N) is 3. The van der Waals surface area contributed by atoms with Crippen LogP contribution in [-0.2, 0) is 11.3 Å². The number of fused-ring (bicyclic) bond motifs is 1. The van der Waals surface area contributed by atoms with Crippen molar-refractivity contribution in [2.45, 2.75) is 25.3 Å². The van der Waals surface area contributed by atoms with Gasteiger partial charge in [-0.05, 0) is 44.1 Å². The molecule has 4 rings (SSSR count). The first-order valence-electron chi connectivity index (χ1n) is 9.65. The highest BCUT2D eigenvalue weighted by molar-refractivity contribution is 7.18. The van der Waals surface area contributed by atoms with Gasteiger partial charge in [-0.1, -0.05) is 30.3 Å². The number of benzene rings is 2. The van der Waals surface area contributed by atoms with E-state index in [0.29, 0.717) is 24.6 Å². The lowest BCUT2D eigenvalue weighted by Gasteiger charge is -2.31. The van der Waals surface area contributed by atoms with Crippen LogP contribution >= 0.6 is 11.3 Å². The molecule has 0 unspecified atom stereocenters. The van der Waals surface area contributed by atoms with Gasteiger partial charge in [-0.15, -0.1) is 11.3 Å². The Hall–Kier alpha value is -2.31. The monoisotopic (exact) mass is 397 g/mol. The molecule has 6 heteroatoms. The number of hydrogen-bond donors (Lipinski definition) is 0. The highest BCUT2D eigenvalue weighted by atomic mass is 32.1. The summed E-state index contributed by atoms with van der Waals surface area (Å²) >= 11 is 1.79. The number of likely N-dealkylation sites (tertiary alicyclic amines) is 1. The average Bonchev–Trinajstić information content (AvgIpc) is 3.14. The van der Waals surface area contributed by atoms with E-state index in [2.05, 4.69) is 23.1 Å². The van der Waals surface area contributed by atoms with Gasteiger partial charge in [-0.2, -0.15) is 0 Å². The molecule has 0 saturated carbocycles. The van der Waals surface area contributed by atoms with Crippen molar-refractivity contribution in [3.05, 3.63) is 64.9 Å². The molecule has 28 heavy (non-hydrogen) atoms. The van der Waals surface area contributed by atoms with Crippen molar-refractivity contribution in [3.63, 3.8) is 0 Å². The van der Waals surface area contributed by atoms with Gasteiger partial charge in [-0.25, -0.2) is 9.37 Å². The molecule has 3 aromatic rings. The molecule has 0 bridgehead atoms. The van der Waals surface area contributed by atoms with Crippen LogP contribution in [0.1, 0.15) is 29.3 Å². The van der Waals surface area contributed by atoms with Crippen LogP contribution in [0.25, 0.3) is 10.2 Å². The van der Waals surface area contributed by atoms with Gasteiger partial charge in [0.05, 0.1) is 21.8 Å². The maximum atomic E-state index is 13.8. The number of amides is 1. The van der Waals surface area contributed by atoms with Crippen LogP contribution in [0, 0.1) is 5.82 Å². The highest BCUT2D eigenvalue weighted by Gasteiger charge is 2.25. The van der Waals surface area contributed by atoms with E-state index < -0.39 is 0 Å². The molecule has 1 saturated heterocycles. The van der Waals surface area contributed by atoms with Gasteiger partial charge >= 0.3 is 0 Å². The second kappa shape index (κ2) is 8.37. The quantitative estimate of drug-likeness (QED) is 0.645. The second-order valence-electron chi connectivity index (χ2n) is 7.41. The third-order valence-electron chi connectivity index (χ3n) is 5.40. The number of para-hydroxylation sites is 1. The van der Waals surface area contributed by atoms with Gasteiger partial charge in [-0.3, -0.25) is 9.69 Å². The van der Waals surface area contributed by atoms with Crippen LogP contribution in [0.5, 0.6) is 0 Å². The van der Waals surface area contributed by atoms with Crippen molar-refractivity contribution in [2.75, 3.05) is 26.7 Å². The third kappa shape index (κ3) is 4.23. The van der Waals surface area contributed by atoms with Crippen molar-refractivity contribution in [2.24, 2.45) is 0 Å². The highest BCUT2D eigenvalue weighted by Crippen LogP contribution is 2.33. The minimum Gasteiger partial charge on any atom is -0.340 e. The SMILES string of the molecule is CN(Cc1ccccc1F)C(=O)CN1CCC(c2nc3ccccc3s2)CC1. The Labute approximate surface area is 168 Å². The smallest absolute Gasteiger partial charge is 0.236 e. The normalized spacial score (nSPS) is 15.8. The van der Waals surface area contributed by atoms with E-state index in [4.69, 9.17) is 4.98 Å². The number of thiazole rings is 1.